The molecule has 1 saturated carbocycles. The van der Waals surface area contributed by atoms with Crippen LogP contribution in [-0.4, -0.2) is 73.0 Å². The molecule has 2 fully saturated rings. The summed E-state index contributed by atoms with van der Waals surface area (Å²) in [7, 11) is -1.09. The smallest absolute Gasteiger partial charge is 0.333 e. The van der Waals surface area contributed by atoms with Gasteiger partial charge in [0.25, 0.3) is 5.56 Å². The first-order valence-corrected chi connectivity index (χ1v) is 16.6. The van der Waals surface area contributed by atoms with E-state index in [1.165, 1.54) is 11.0 Å². The van der Waals surface area contributed by atoms with Crippen molar-refractivity contribution in [1.29, 1.82) is 0 Å². The number of benzene rings is 1. The molecule has 2 aromatic rings. The molecule has 0 spiro atoms. The predicted molar refractivity (Wildman–Crippen MR) is 170 cm³/mol. The van der Waals surface area contributed by atoms with Crippen LogP contribution in [0.2, 0.25) is 0 Å². The number of rotatable bonds is 11. The van der Waals surface area contributed by atoms with Crippen LogP contribution in [0.25, 0.3) is 0 Å². The maximum Gasteiger partial charge on any atom is 0.333 e. The second-order valence-electron chi connectivity index (χ2n) is 12.7. The summed E-state index contributed by atoms with van der Waals surface area (Å²) in [5.41, 5.74) is -0.594. The molecule has 2 unspecified atom stereocenters. The molecule has 2 aliphatic rings. The van der Waals surface area contributed by atoms with Crippen molar-refractivity contribution in [3.63, 3.8) is 0 Å². The molecule has 1 aliphatic heterocycles. The number of nitrogens with zero attached hydrogens (tertiary/aromatic N) is 4. The topological polar surface area (TPSA) is 109 Å². The first-order chi connectivity index (χ1) is 19.9. The van der Waals surface area contributed by atoms with E-state index < -0.39 is 22.7 Å². The number of aliphatic hydroxyl groups is 1. The largest absolute Gasteiger partial charge is 0.485 e. The van der Waals surface area contributed by atoms with Crippen molar-refractivity contribution in [3.05, 3.63) is 51.2 Å². The van der Waals surface area contributed by atoms with Gasteiger partial charge >= 0.3 is 5.69 Å². The Morgan fingerprint density at radius 2 is 1.55 bits per heavy atom. The normalized spacial score (nSPS) is 18.8. The summed E-state index contributed by atoms with van der Waals surface area (Å²) < 4.78 is 25.0. The molecule has 2 atom stereocenters. The Morgan fingerprint density at radius 3 is 2.12 bits per heavy atom. The van der Waals surface area contributed by atoms with Gasteiger partial charge in [0.05, 0.1) is 5.25 Å². The average molecular weight is 604 g/mol. The van der Waals surface area contributed by atoms with Crippen molar-refractivity contribution >= 4 is 22.5 Å². The molecular formula is C31H49N5O5S. The number of hydrogen-bond acceptors (Lipinski definition) is 7. The number of aliphatic hydroxyl groups excluding tert-OH is 1. The number of aromatic nitrogens is 2. The van der Waals surface area contributed by atoms with E-state index >= 15 is 0 Å². The molecule has 1 saturated heterocycles. The Kier molecular flexibility index (Phi) is 10.6. The fourth-order valence-corrected chi connectivity index (χ4v) is 7.12. The Bertz CT molecular complexity index is 1320. The Labute approximate surface area is 252 Å². The van der Waals surface area contributed by atoms with Crippen LogP contribution in [0.5, 0.6) is 5.75 Å². The van der Waals surface area contributed by atoms with Gasteiger partial charge in [-0.15, -0.1) is 0 Å². The second kappa shape index (κ2) is 13.8. The first-order valence-electron chi connectivity index (χ1n) is 15.4. The van der Waals surface area contributed by atoms with Crippen molar-refractivity contribution < 1.29 is 14.1 Å². The van der Waals surface area contributed by atoms with Gasteiger partial charge in [0.15, 0.2) is 0 Å². The quantitative estimate of drug-likeness (QED) is 0.401. The first kappa shape index (κ1) is 32.3. The molecule has 0 bridgehead atoms. The predicted octanol–water partition coefficient (Wildman–Crippen LogP) is 3.92. The maximum atomic E-state index is 13.2. The van der Waals surface area contributed by atoms with E-state index in [0.717, 1.165) is 31.4 Å². The number of nitrogens with one attached hydrogen (secondary N) is 1. The standard InChI is InChI=1S/C31H49N5O5S/c1-22(2)35-28(20-29(38)36(23(3)4)30(35)39)34-18-16-33(17-19-34)21-27(37)31(5,6)41-25-14-12-24(13-15-25)32-42(40)26-10-8-7-9-11-26/h12-15,20,22-23,26-27,32,37H,7-11,16-19,21H2,1-6H3. The van der Waals surface area contributed by atoms with Crippen molar-refractivity contribution in [2.45, 2.75) is 103 Å². The monoisotopic (exact) mass is 603 g/mol. The molecule has 0 radical (unpaired) electrons. The summed E-state index contributed by atoms with van der Waals surface area (Å²) in [5.74, 6) is 1.29. The van der Waals surface area contributed by atoms with Crippen LogP contribution in [-0.2, 0) is 11.0 Å². The van der Waals surface area contributed by atoms with Crippen LogP contribution >= 0.6 is 0 Å². The van der Waals surface area contributed by atoms with Crippen LogP contribution in [0, 0.1) is 0 Å². The Morgan fingerprint density at radius 1 is 0.952 bits per heavy atom. The van der Waals surface area contributed by atoms with Gasteiger partial charge in [-0.05, 0) is 78.6 Å². The zero-order chi connectivity index (χ0) is 30.6. The molecular weight excluding hydrogens is 554 g/mol. The van der Waals surface area contributed by atoms with Gasteiger partial charge in [0.2, 0.25) is 0 Å². The van der Waals surface area contributed by atoms with Crippen LogP contribution in [0.3, 0.4) is 0 Å². The van der Waals surface area contributed by atoms with Crippen molar-refractivity contribution in [2.24, 2.45) is 0 Å². The Hall–Kier alpha value is -2.63. The van der Waals surface area contributed by atoms with E-state index in [1.807, 2.05) is 65.8 Å². The molecule has 0 amide bonds. The summed E-state index contributed by atoms with van der Waals surface area (Å²) in [6, 6.07) is 8.71. The third-order valence-electron chi connectivity index (χ3n) is 8.42. The van der Waals surface area contributed by atoms with Gasteiger partial charge in [-0.3, -0.25) is 18.8 Å². The lowest BCUT2D eigenvalue weighted by Crippen LogP contribution is -2.54. The molecule has 2 N–H and O–H groups in total. The Balaban J connectivity index is 1.32. The van der Waals surface area contributed by atoms with Gasteiger partial charge in [-0.25, -0.2) is 9.00 Å². The van der Waals surface area contributed by atoms with Gasteiger partial charge in [-0.1, -0.05) is 19.3 Å². The van der Waals surface area contributed by atoms with Gasteiger partial charge in [0.1, 0.15) is 34.3 Å². The summed E-state index contributed by atoms with van der Waals surface area (Å²) in [5, 5.41) is 11.3. The highest BCUT2D eigenvalue weighted by molar-refractivity contribution is 7.87. The maximum absolute atomic E-state index is 13.2. The minimum atomic E-state index is -1.09. The lowest BCUT2D eigenvalue weighted by molar-refractivity contribution is -0.0449. The minimum absolute atomic E-state index is 0.0835. The fourth-order valence-electron chi connectivity index (χ4n) is 5.83. The highest BCUT2D eigenvalue weighted by Crippen LogP contribution is 2.27. The van der Waals surface area contributed by atoms with Crippen molar-refractivity contribution in [2.75, 3.05) is 42.3 Å². The number of hydrogen-bond donors (Lipinski definition) is 2. The van der Waals surface area contributed by atoms with Crippen molar-refractivity contribution in [1.82, 2.24) is 14.0 Å². The molecule has 10 nitrogen and oxygen atoms in total. The van der Waals surface area contributed by atoms with E-state index in [1.54, 1.807) is 10.6 Å². The van der Waals surface area contributed by atoms with Gasteiger partial charge in [-0.2, -0.15) is 0 Å². The van der Waals surface area contributed by atoms with E-state index in [0.29, 0.717) is 44.3 Å². The van der Waals surface area contributed by atoms with E-state index in [9.17, 15) is 18.9 Å². The molecule has 42 heavy (non-hydrogen) atoms. The van der Waals surface area contributed by atoms with Crippen molar-refractivity contribution in [3.8, 4) is 5.75 Å². The van der Waals surface area contributed by atoms with Gasteiger partial charge in [0, 0.05) is 56.6 Å². The SMILES string of the molecule is CC(C)n1c(N2CCN(CC(O)C(C)(C)Oc3ccc(NS(=O)C4CCCCC4)cc3)CC2)cc(=O)n(C(C)C)c1=O. The van der Waals surface area contributed by atoms with Crippen LogP contribution < -0.4 is 25.6 Å². The van der Waals surface area contributed by atoms with Crippen LogP contribution in [0.4, 0.5) is 11.5 Å². The summed E-state index contributed by atoms with van der Waals surface area (Å²) in [6.45, 7) is 14.4. The molecule has 4 rings (SSSR count). The van der Waals surface area contributed by atoms with E-state index in [-0.39, 0.29) is 28.6 Å². The highest BCUT2D eigenvalue weighted by Gasteiger charge is 2.33. The molecule has 234 valence electrons. The lowest BCUT2D eigenvalue weighted by Gasteiger charge is -2.40. The van der Waals surface area contributed by atoms with E-state index in [4.69, 9.17) is 4.74 Å². The summed E-state index contributed by atoms with van der Waals surface area (Å²) in [6.07, 6.45) is 4.79. The average Bonchev–Trinajstić information content (AvgIpc) is 2.94. The third kappa shape index (κ3) is 7.65. The number of anilines is 2. The third-order valence-corrected chi connectivity index (χ3v) is 9.93. The lowest BCUT2D eigenvalue weighted by atomic mass is 10.0. The van der Waals surface area contributed by atoms with E-state index in [2.05, 4.69) is 14.5 Å². The zero-order valence-electron chi connectivity index (χ0n) is 26.0. The zero-order valence-corrected chi connectivity index (χ0v) is 26.9. The minimum Gasteiger partial charge on any atom is -0.485 e. The summed E-state index contributed by atoms with van der Waals surface area (Å²) >= 11 is 0. The molecule has 1 aromatic carbocycles. The van der Waals surface area contributed by atoms with Crippen LogP contribution in [0.15, 0.2) is 39.9 Å². The van der Waals surface area contributed by atoms with Gasteiger partial charge < -0.3 is 19.5 Å². The highest BCUT2D eigenvalue weighted by atomic mass is 32.2. The number of ether oxygens (including phenoxy) is 1. The fraction of sp³-hybridized carbons (Fsp3) is 0.677. The molecule has 1 aliphatic carbocycles. The number of β-amino-alcohol motifs (C(OH)–C–C–N with tert-alkyl or cyclic N) is 1. The summed E-state index contributed by atoms with van der Waals surface area (Å²) in [4.78, 5) is 30.2. The molecule has 2 heterocycles. The number of piperazine rings is 1. The second-order valence-corrected chi connectivity index (χ2v) is 14.2. The molecule has 11 heteroatoms. The molecule has 1 aromatic heterocycles. The van der Waals surface area contributed by atoms with Crippen LogP contribution in [0.1, 0.15) is 85.7 Å².